The molecule has 2 aromatic rings. The van der Waals surface area contributed by atoms with Crippen molar-refractivity contribution in [1.82, 2.24) is 10.2 Å². The van der Waals surface area contributed by atoms with Gasteiger partial charge in [-0.1, -0.05) is 18.2 Å². The standard InChI is InChI=1S/C22H24N2O4/c1-27-16-8-9-17(20(12-16)28-2)22(26)24-13-14-10-18(19(24)11-14)23-21(25)15-6-4-3-5-7-15/h3-9,12,14,18-19H,10-11,13H2,1-2H3,(H,23,25)/t14-,18+,19-/m1/s1. The van der Waals surface area contributed by atoms with Crippen LogP contribution in [0.1, 0.15) is 33.6 Å². The van der Waals surface area contributed by atoms with E-state index in [4.69, 9.17) is 9.47 Å². The van der Waals surface area contributed by atoms with Crippen molar-refractivity contribution in [2.24, 2.45) is 5.92 Å². The number of amides is 2. The number of benzene rings is 2. The van der Waals surface area contributed by atoms with Crippen LogP contribution in [0.4, 0.5) is 0 Å². The van der Waals surface area contributed by atoms with Gasteiger partial charge in [0.05, 0.1) is 25.8 Å². The summed E-state index contributed by atoms with van der Waals surface area (Å²) in [5.74, 6) is 1.40. The van der Waals surface area contributed by atoms with Crippen LogP contribution in [0.25, 0.3) is 0 Å². The summed E-state index contributed by atoms with van der Waals surface area (Å²) in [7, 11) is 3.13. The van der Waals surface area contributed by atoms with E-state index in [-0.39, 0.29) is 23.9 Å². The van der Waals surface area contributed by atoms with Gasteiger partial charge in [-0.3, -0.25) is 9.59 Å². The van der Waals surface area contributed by atoms with Crippen molar-refractivity contribution in [3.8, 4) is 11.5 Å². The molecular weight excluding hydrogens is 356 g/mol. The molecule has 2 aromatic carbocycles. The van der Waals surface area contributed by atoms with Gasteiger partial charge in [0.2, 0.25) is 0 Å². The number of hydrogen-bond acceptors (Lipinski definition) is 4. The average Bonchev–Trinajstić information content (AvgIpc) is 3.34. The summed E-state index contributed by atoms with van der Waals surface area (Å²) >= 11 is 0. The number of nitrogens with one attached hydrogen (secondary N) is 1. The maximum atomic E-state index is 13.2. The SMILES string of the molecule is COc1ccc(C(=O)N2C[C@@H]3C[C@H](NC(=O)c4ccccc4)[C@H]2C3)c(OC)c1. The van der Waals surface area contributed by atoms with E-state index in [2.05, 4.69) is 5.32 Å². The van der Waals surface area contributed by atoms with E-state index in [0.717, 1.165) is 19.4 Å². The molecule has 0 aromatic heterocycles. The predicted octanol–water partition coefficient (Wildman–Crippen LogP) is 2.74. The molecule has 1 N–H and O–H groups in total. The molecule has 0 spiro atoms. The molecule has 4 rings (SSSR count). The summed E-state index contributed by atoms with van der Waals surface area (Å²) in [6, 6.07) is 14.4. The number of likely N-dealkylation sites (tertiary alicyclic amines) is 1. The lowest BCUT2D eigenvalue weighted by molar-refractivity contribution is 0.0645. The number of fused-ring (bicyclic) bond motifs is 2. The number of piperidine rings is 1. The van der Waals surface area contributed by atoms with Gasteiger partial charge < -0.3 is 19.7 Å². The zero-order chi connectivity index (χ0) is 19.7. The van der Waals surface area contributed by atoms with E-state index >= 15 is 0 Å². The molecule has 1 aliphatic carbocycles. The van der Waals surface area contributed by atoms with E-state index in [1.54, 1.807) is 44.6 Å². The number of carbonyl (C=O) groups excluding carboxylic acids is 2. The zero-order valence-electron chi connectivity index (χ0n) is 16.1. The average molecular weight is 380 g/mol. The fraction of sp³-hybridized carbons (Fsp3) is 0.364. The first-order valence-electron chi connectivity index (χ1n) is 9.49. The Balaban J connectivity index is 1.51. The Morgan fingerprint density at radius 2 is 1.82 bits per heavy atom. The van der Waals surface area contributed by atoms with Crippen molar-refractivity contribution in [2.75, 3.05) is 20.8 Å². The van der Waals surface area contributed by atoms with Crippen molar-refractivity contribution in [3.63, 3.8) is 0 Å². The predicted molar refractivity (Wildman–Crippen MR) is 105 cm³/mol. The highest BCUT2D eigenvalue weighted by atomic mass is 16.5. The lowest BCUT2D eigenvalue weighted by Gasteiger charge is -2.34. The third-order valence-corrected chi connectivity index (χ3v) is 5.73. The van der Waals surface area contributed by atoms with E-state index in [0.29, 0.717) is 28.5 Å². The largest absolute Gasteiger partial charge is 0.497 e. The van der Waals surface area contributed by atoms with Crippen molar-refractivity contribution in [2.45, 2.75) is 24.9 Å². The molecule has 2 amide bonds. The van der Waals surface area contributed by atoms with Crippen LogP contribution in [-0.2, 0) is 0 Å². The maximum Gasteiger partial charge on any atom is 0.257 e. The second-order valence-corrected chi connectivity index (χ2v) is 7.37. The van der Waals surface area contributed by atoms with Crippen molar-refractivity contribution in [1.29, 1.82) is 0 Å². The summed E-state index contributed by atoms with van der Waals surface area (Å²) in [6.07, 6.45) is 1.83. The molecule has 1 aliphatic heterocycles. The second-order valence-electron chi connectivity index (χ2n) is 7.37. The molecule has 6 heteroatoms. The van der Waals surface area contributed by atoms with Gasteiger partial charge >= 0.3 is 0 Å². The molecule has 3 atom stereocenters. The lowest BCUT2D eigenvalue weighted by Crippen LogP contribution is -2.52. The second kappa shape index (κ2) is 7.54. The van der Waals surface area contributed by atoms with Crippen molar-refractivity contribution < 1.29 is 19.1 Å². The van der Waals surface area contributed by atoms with E-state index < -0.39 is 0 Å². The quantitative estimate of drug-likeness (QED) is 0.866. The topological polar surface area (TPSA) is 67.9 Å². The fourth-order valence-corrected chi connectivity index (χ4v) is 4.39. The minimum atomic E-state index is -0.0902. The van der Waals surface area contributed by atoms with Crippen LogP contribution >= 0.6 is 0 Å². The van der Waals surface area contributed by atoms with Gasteiger partial charge in [-0.2, -0.15) is 0 Å². The smallest absolute Gasteiger partial charge is 0.257 e. The summed E-state index contributed by atoms with van der Waals surface area (Å²) in [5.41, 5.74) is 1.16. The first kappa shape index (κ1) is 18.3. The Labute approximate surface area is 164 Å². The van der Waals surface area contributed by atoms with Crippen molar-refractivity contribution in [3.05, 3.63) is 59.7 Å². The number of carbonyl (C=O) groups is 2. The summed E-state index contributed by atoms with van der Waals surface area (Å²) in [6.45, 7) is 0.719. The molecule has 0 unspecified atom stereocenters. The number of hydrogen-bond donors (Lipinski definition) is 1. The zero-order valence-corrected chi connectivity index (χ0v) is 16.1. The molecule has 2 fully saturated rings. The molecule has 1 saturated carbocycles. The van der Waals surface area contributed by atoms with Crippen LogP contribution in [-0.4, -0.2) is 49.6 Å². The summed E-state index contributed by atoms with van der Waals surface area (Å²) < 4.78 is 10.6. The minimum Gasteiger partial charge on any atom is -0.497 e. The van der Waals surface area contributed by atoms with Gasteiger partial charge in [0, 0.05) is 24.2 Å². The Morgan fingerprint density at radius 1 is 1.04 bits per heavy atom. The number of nitrogens with zero attached hydrogens (tertiary/aromatic N) is 1. The monoisotopic (exact) mass is 380 g/mol. The molecule has 146 valence electrons. The highest BCUT2D eigenvalue weighted by molar-refractivity contribution is 5.98. The number of methoxy groups -OCH3 is 2. The van der Waals surface area contributed by atoms with Gasteiger partial charge in [-0.05, 0) is 43.0 Å². The maximum absolute atomic E-state index is 13.2. The van der Waals surface area contributed by atoms with Crippen LogP contribution in [0.15, 0.2) is 48.5 Å². The van der Waals surface area contributed by atoms with Crippen LogP contribution in [0.2, 0.25) is 0 Å². The van der Waals surface area contributed by atoms with Crippen LogP contribution in [0.3, 0.4) is 0 Å². The van der Waals surface area contributed by atoms with Gasteiger partial charge in [-0.25, -0.2) is 0 Å². The molecule has 6 nitrogen and oxygen atoms in total. The first-order chi connectivity index (χ1) is 13.6. The highest BCUT2D eigenvalue weighted by Gasteiger charge is 2.47. The molecule has 1 saturated heterocycles. The Morgan fingerprint density at radius 3 is 2.50 bits per heavy atom. The van der Waals surface area contributed by atoms with Crippen LogP contribution in [0.5, 0.6) is 11.5 Å². The van der Waals surface area contributed by atoms with Gasteiger partial charge in [0.1, 0.15) is 11.5 Å². The Bertz CT molecular complexity index is 883. The van der Waals surface area contributed by atoms with Crippen LogP contribution in [0, 0.1) is 5.92 Å². The summed E-state index contributed by atoms with van der Waals surface area (Å²) in [5, 5.41) is 3.13. The molecule has 2 aliphatic rings. The van der Waals surface area contributed by atoms with E-state index in [1.165, 1.54) is 0 Å². The summed E-state index contributed by atoms with van der Waals surface area (Å²) in [4.78, 5) is 27.6. The Kier molecular flexibility index (Phi) is 4.94. The fourth-order valence-electron chi connectivity index (χ4n) is 4.39. The molecular formula is C22H24N2O4. The third-order valence-electron chi connectivity index (χ3n) is 5.73. The number of ether oxygens (including phenoxy) is 2. The highest BCUT2D eigenvalue weighted by Crippen LogP contribution is 2.39. The molecule has 0 radical (unpaired) electrons. The number of rotatable bonds is 5. The van der Waals surface area contributed by atoms with Gasteiger partial charge in [0.15, 0.2) is 0 Å². The van der Waals surface area contributed by atoms with Crippen molar-refractivity contribution >= 4 is 11.8 Å². The van der Waals surface area contributed by atoms with E-state index in [9.17, 15) is 9.59 Å². The molecule has 28 heavy (non-hydrogen) atoms. The van der Waals surface area contributed by atoms with E-state index in [1.807, 2.05) is 23.1 Å². The first-order valence-corrected chi connectivity index (χ1v) is 9.49. The minimum absolute atomic E-state index is 0.0111. The normalized spacial score (nSPS) is 22.8. The third kappa shape index (κ3) is 3.30. The van der Waals surface area contributed by atoms with Gasteiger partial charge in [0.25, 0.3) is 11.8 Å². The molecule has 1 heterocycles. The van der Waals surface area contributed by atoms with Crippen LogP contribution < -0.4 is 14.8 Å². The van der Waals surface area contributed by atoms with Gasteiger partial charge in [-0.15, -0.1) is 0 Å². The Hall–Kier alpha value is -3.02. The lowest BCUT2D eigenvalue weighted by atomic mass is 10.0. The molecule has 2 bridgehead atoms.